The molecule has 6 unspecified atom stereocenters. The van der Waals surface area contributed by atoms with E-state index in [-0.39, 0.29) is 195 Å². The Morgan fingerprint density at radius 2 is 0.726 bits per heavy atom. The standard InChI is InChI=1S/C51H95N3O30/c1-50(30-76-9-3-36(58)52-6-12-70-15-18-73-21-24-79-48-45(67)42(64)39(61)33(27-55)82-48,31-77-10-4-37(59)53-7-13-71-16-19-74-22-25-80-49-46(68)43(65)40(62)34(28-56)83-49)32-78-11-5-38(60)54-8-14-72-17-20-75-23-26-81-51(2)47(69)44(66)41(63)35(29-57)84-51/h33-35,39-49,55-57,61-69H,3-32H2,1-2H3,(H,52,58)(H,53,59)(H,54,60)/t33?,34?,35?,39-,40-,41-,42+,43+,44+,45?,46?,47?,48+,49+,50?,51+/m1/s1. The Balaban J connectivity index is 1.27. The summed E-state index contributed by atoms with van der Waals surface area (Å²) >= 11 is 0. The third-order valence-corrected chi connectivity index (χ3v) is 13.1. The molecule has 84 heavy (non-hydrogen) atoms. The van der Waals surface area contributed by atoms with Crippen molar-refractivity contribution in [3.05, 3.63) is 0 Å². The van der Waals surface area contributed by atoms with Crippen molar-refractivity contribution in [2.75, 3.05) is 178 Å². The minimum Gasteiger partial charge on any atom is -0.394 e. The molecule has 33 nitrogen and oxygen atoms in total. The summed E-state index contributed by atoms with van der Waals surface area (Å²) in [7, 11) is 0. The van der Waals surface area contributed by atoms with E-state index in [0.29, 0.717) is 0 Å². The minimum absolute atomic E-state index is 0.0112. The van der Waals surface area contributed by atoms with Crippen LogP contribution in [0.4, 0.5) is 0 Å². The fourth-order valence-corrected chi connectivity index (χ4v) is 8.18. The number of nitrogens with one attached hydrogen (secondary N) is 3. The number of aliphatic hydroxyl groups is 12. The van der Waals surface area contributed by atoms with Gasteiger partial charge in [0.1, 0.15) is 73.2 Å². The van der Waals surface area contributed by atoms with Gasteiger partial charge < -0.3 is 148 Å². The van der Waals surface area contributed by atoms with Crippen LogP contribution in [0, 0.1) is 5.41 Å². The first-order chi connectivity index (χ1) is 40.3. The molecule has 0 bridgehead atoms. The van der Waals surface area contributed by atoms with Crippen molar-refractivity contribution >= 4 is 17.7 Å². The highest BCUT2D eigenvalue weighted by Crippen LogP contribution is 2.31. The van der Waals surface area contributed by atoms with Crippen molar-refractivity contribution < 1.29 is 147 Å². The molecule has 494 valence electrons. The minimum atomic E-state index is -1.68. The Morgan fingerprint density at radius 3 is 1.08 bits per heavy atom. The number of ether oxygens (including phenoxy) is 15. The Morgan fingerprint density at radius 1 is 0.405 bits per heavy atom. The lowest BCUT2D eigenvalue weighted by molar-refractivity contribution is -0.357. The quantitative estimate of drug-likeness (QED) is 0.0252. The maximum absolute atomic E-state index is 12.5. The number of rotatable bonds is 48. The lowest BCUT2D eigenvalue weighted by Crippen LogP contribution is -2.65. The first-order valence-corrected chi connectivity index (χ1v) is 28.1. The zero-order valence-corrected chi connectivity index (χ0v) is 48.0. The van der Waals surface area contributed by atoms with Gasteiger partial charge in [-0.15, -0.1) is 0 Å². The lowest BCUT2D eigenvalue weighted by Gasteiger charge is -2.46. The summed E-state index contributed by atoms with van der Waals surface area (Å²) in [4.78, 5) is 37.6. The molecule has 0 aromatic rings. The maximum atomic E-state index is 12.5. The average molecular weight is 1230 g/mol. The Labute approximate surface area is 487 Å². The topological polar surface area (TPSA) is 469 Å². The largest absolute Gasteiger partial charge is 0.394 e. The van der Waals surface area contributed by atoms with Crippen molar-refractivity contribution in [1.82, 2.24) is 16.0 Å². The molecular weight excluding hydrogens is 1130 g/mol. The average Bonchev–Trinajstić information content (AvgIpc) is 2.57. The summed E-state index contributed by atoms with van der Waals surface area (Å²) in [6.07, 6.45) is -19.4. The van der Waals surface area contributed by atoms with Crippen LogP contribution in [-0.4, -0.2) is 349 Å². The van der Waals surface area contributed by atoms with Crippen LogP contribution in [0.3, 0.4) is 0 Å². The molecule has 0 saturated carbocycles. The van der Waals surface area contributed by atoms with Gasteiger partial charge in [0.2, 0.25) is 17.7 Å². The number of aliphatic hydroxyl groups excluding tert-OH is 12. The molecule has 3 aliphatic heterocycles. The third-order valence-electron chi connectivity index (χ3n) is 13.1. The van der Waals surface area contributed by atoms with Gasteiger partial charge in [-0.25, -0.2) is 0 Å². The molecule has 3 amide bonds. The van der Waals surface area contributed by atoms with E-state index in [1.807, 2.05) is 6.92 Å². The van der Waals surface area contributed by atoms with Gasteiger partial charge in [0, 0.05) is 44.3 Å². The zero-order chi connectivity index (χ0) is 61.8. The molecule has 15 atom stereocenters. The molecule has 3 rings (SSSR count). The monoisotopic (exact) mass is 1230 g/mol. The van der Waals surface area contributed by atoms with Gasteiger partial charge >= 0.3 is 0 Å². The fourth-order valence-electron chi connectivity index (χ4n) is 8.18. The number of hydrogen-bond donors (Lipinski definition) is 15. The molecule has 0 spiro atoms. The molecular formula is C51H95N3O30. The Bertz CT molecular complexity index is 1660. The molecule has 15 N–H and O–H groups in total. The molecule has 0 aliphatic carbocycles. The van der Waals surface area contributed by atoms with Crippen LogP contribution < -0.4 is 16.0 Å². The zero-order valence-electron chi connectivity index (χ0n) is 48.0. The predicted molar refractivity (Wildman–Crippen MR) is 282 cm³/mol. The van der Waals surface area contributed by atoms with Gasteiger partial charge in [-0.1, -0.05) is 6.92 Å². The van der Waals surface area contributed by atoms with Gasteiger partial charge in [-0.2, -0.15) is 0 Å². The highest BCUT2D eigenvalue weighted by molar-refractivity contribution is 5.76. The van der Waals surface area contributed by atoms with Crippen LogP contribution in [0.5, 0.6) is 0 Å². The van der Waals surface area contributed by atoms with E-state index >= 15 is 0 Å². The molecule has 3 fully saturated rings. The normalized spacial score (nSPS) is 29.8. The summed E-state index contributed by atoms with van der Waals surface area (Å²) in [6, 6.07) is 0. The van der Waals surface area contributed by atoms with Crippen LogP contribution in [0.25, 0.3) is 0 Å². The van der Waals surface area contributed by atoms with Crippen molar-refractivity contribution in [3.63, 3.8) is 0 Å². The van der Waals surface area contributed by atoms with E-state index in [1.54, 1.807) is 0 Å². The predicted octanol–water partition coefficient (Wildman–Crippen LogP) is -8.50. The van der Waals surface area contributed by atoms with Gasteiger partial charge in [-0.05, 0) is 6.92 Å². The van der Waals surface area contributed by atoms with Crippen LogP contribution in [0.2, 0.25) is 0 Å². The summed E-state index contributed by atoms with van der Waals surface area (Å²) in [6.45, 7) is 4.67. The summed E-state index contributed by atoms with van der Waals surface area (Å²) in [5.74, 6) is -2.52. The van der Waals surface area contributed by atoms with Gasteiger partial charge in [0.25, 0.3) is 0 Å². The lowest BCUT2D eigenvalue weighted by atomic mass is 9.93. The molecule has 3 saturated heterocycles. The molecule has 0 aromatic heterocycles. The summed E-state index contributed by atoms with van der Waals surface area (Å²) < 4.78 is 82.6. The van der Waals surface area contributed by atoms with Crippen molar-refractivity contribution in [3.8, 4) is 0 Å². The first kappa shape index (κ1) is 75.6. The second-order valence-electron chi connectivity index (χ2n) is 20.2. The van der Waals surface area contributed by atoms with E-state index in [1.165, 1.54) is 6.92 Å². The molecule has 3 aliphatic rings. The molecule has 33 heteroatoms. The summed E-state index contributed by atoms with van der Waals surface area (Å²) in [5.41, 5.74) is -0.757. The van der Waals surface area contributed by atoms with Crippen LogP contribution in [0.15, 0.2) is 0 Å². The highest BCUT2D eigenvalue weighted by atomic mass is 16.7. The van der Waals surface area contributed by atoms with Crippen molar-refractivity contribution in [1.29, 1.82) is 0 Å². The molecule has 3 heterocycles. The van der Waals surface area contributed by atoms with E-state index < -0.39 is 117 Å². The Kier molecular flexibility index (Phi) is 38.8. The SMILES string of the molecule is CC(COCCC(=O)NCCOCCOCCO[C@H]1OC(CO)[C@@H](O)[C@H](O)C1O)(COCCC(=O)NCCOCCOCCO[C@H]1OC(CO)[C@@H](O)[C@H](O)C1O)COCCC(=O)NCCOCCOCCO[C@@]1(C)OC(CO)[C@@H](O)[C@H](O)C1O. The number of amides is 3. The van der Waals surface area contributed by atoms with Crippen molar-refractivity contribution in [2.24, 2.45) is 5.41 Å². The highest BCUT2D eigenvalue weighted by Gasteiger charge is 2.52. The van der Waals surface area contributed by atoms with Crippen LogP contribution in [0.1, 0.15) is 33.1 Å². The number of carbonyl (C=O) groups is 3. The van der Waals surface area contributed by atoms with Crippen LogP contribution >= 0.6 is 0 Å². The van der Waals surface area contributed by atoms with E-state index in [4.69, 9.17) is 71.1 Å². The fraction of sp³-hybridized carbons (Fsp3) is 0.941. The molecule has 0 aromatic carbocycles. The van der Waals surface area contributed by atoms with Crippen LogP contribution in [-0.2, 0) is 85.4 Å². The third kappa shape index (κ3) is 28.7. The van der Waals surface area contributed by atoms with Gasteiger partial charge in [-0.3, -0.25) is 14.4 Å². The van der Waals surface area contributed by atoms with Gasteiger partial charge in [0.05, 0.1) is 159 Å². The first-order valence-electron chi connectivity index (χ1n) is 28.1. The van der Waals surface area contributed by atoms with E-state index in [0.717, 1.165) is 0 Å². The van der Waals surface area contributed by atoms with Gasteiger partial charge in [0.15, 0.2) is 18.4 Å². The molecule has 0 radical (unpaired) electrons. The maximum Gasteiger partial charge on any atom is 0.222 e. The summed E-state index contributed by atoms with van der Waals surface area (Å²) in [5, 5.41) is 126. The van der Waals surface area contributed by atoms with Crippen molar-refractivity contribution in [2.45, 2.75) is 125 Å². The number of hydrogen-bond acceptors (Lipinski definition) is 30. The van der Waals surface area contributed by atoms with E-state index in [9.17, 15) is 75.7 Å². The Hall–Kier alpha value is -2.67. The van der Waals surface area contributed by atoms with E-state index in [2.05, 4.69) is 16.0 Å². The second kappa shape index (κ2) is 43.1. The second-order valence-corrected chi connectivity index (χ2v) is 20.2. The smallest absolute Gasteiger partial charge is 0.222 e. The number of carbonyl (C=O) groups excluding carboxylic acids is 3.